The van der Waals surface area contributed by atoms with Crippen molar-refractivity contribution in [2.75, 3.05) is 0 Å². The van der Waals surface area contributed by atoms with E-state index in [1.165, 1.54) is 0 Å². The molecule has 20 heavy (non-hydrogen) atoms. The Labute approximate surface area is 120 Å². The van der Waals surface area contributed by atoms with Crippen molar-refractivity contribution in [3.8, 4) is 0 Å². The summed E-state index contributed by atoms with van der Waals surface area (Å²) in [5, 5.41) is 32.9. The lowest BCUT2D eigenvalue weighted by Gasteiger charge is -1.98. The van der Waals surface area contributed by atoms with Crippen molar-refractivity contribution in [2.45, 2.75) is 77.4 Å². The maximum absolute atomic E-state index is 10.1. The van der Waals surface area contributed by atoms with Crippen LogP contribution < -0.4 is 0 Å². The molecule has 0 aromatic rings. The summed E-state index contributed by atoms with van der Waals surface area (Å²) in [7, 11) is 0. The number of aliphatic hydroxyl groups excluding tert-OH is 1. The van der Waals surface area contributed by atoms with Gasteiger partial charge in [0.2, 0.25) is 0 Å². The Morgan fingerprint density at radius 1 is 0.800 bits per heavy atom. The Bertz CT molecular complexity index is 220. The largest absolute Gasteiger partial charge is 0.481 e. The summed E-state index contributed by atoms with van der Waals surface area (Å²) >= 11 is 0. The van der Waals surface area contributed by atoms with E-state index >= 15 is 0 Å². The number of hydrogen-bond acceptors (Lipinski definition) is 4. The van der Waals surface area contributed by atoms with Gasteiger partial charge < -0.3 is 20.4 Å². The van der Waals surface area contributed by atoms with Crippen LogP contribution in [0.5, 0.6) is 0 Å². The fourth-order valence-electron chi connectivity index (χ4n) is 1.52. The zero-order chi connectivity index (χ0) is 15.8. The molecule has 0 bridgehead atoms. The Morgan fingerprint density at radius 3 is 1.35 bits per heavy atom. The SMILES string of the molecule is CCCC(O)O.O=C(O)CCCCCCCCC(=O)O. The lowest BCUT2D eigenvalue weighted by atomic mass is 10.1. The molecule has 0 heterocycles. The van der Waals surface area contributed by atoms with Gasteiger partial charge in [-0.3, -0.25) is 9.59 Å². The molecular formula is C14H28O6. The molecule has 0 aromatic carbocycles. The lowest BCUT2D eigenvalue weighted by Crippen LogP contribution is -2.01. The van der Waals surface area contributed by atoms with Crippen molar-refractivity contribution in [3.63, 3.8) is 0 Å². The van der Waals surface area contributed by atoms with Gasteiger partial charge in [-0.15, -0.1) is 0 Å². The average Bonchev–Trinajstić information content (AvgIpc) is 2.32. The van der Waals surface area contributed by atoms with E-state index in [1.807, 2.05) is 6.92 Å². The standard InChI is InChI=1S/C10H18O4.C4H10O2/c11-9(12)7-5-3-1-2-4-6-8-10(13)14;1-2-3-4(5)6/h1-8H2,(H,11,12)(H,13,14);4-6H,2-3H2,1H3. The number of rotatable bonds is 11. The number of hydrogen-bond donors (Lipinski definition) is 4. The van der Waals surface area contributed by atoms with Gasteiger partial charge >= 0.3 is 11.9 Å². The van der Waals surface area contributed by atoms with Crippen LogP contribution in [0.3, 0.4) is 0 Å². The summed E-state index contributed by atoms with van der Waals surface area (Å²) in [5.74, 6) is -1.48. The third-order valence-electron chi connectivity index (χ3n) is 2.58. The minimum absolute atomic E-state index is 0.245. The van der Waals surface area contributed by atoms with E-state index in [1.54, 1.807) is 0 Å². The summed E-state index contributed by atoms with van der Waals surface area (Å²) in [4.78, 5) is 20.3. The predicted octanol–water partition coefficient (Wildman–Crippen LogP) is 2.37. The third-order valence-corrected chi connectivity index (χ3v) is 2.58. The van der Waals surface area contributed by atoms with Gasteiger partial charge in [0.15, 0.2) is 6.29 Å². The number of aliphatic carboxylic acids is 2. The van der Waals surface area contributed by atoms with Gasteiger partial charge in [-0.2, -0.15) is 0 Å². The summed E-state index contributed by atoms with van der Waals surface area (Å²) in [5.41, 5.74) is 0. The van der Waals surface area contributed by atoms with Gasteiger partial charge in [0.05, 0.1) is 0 Å². The van der Waals surface area contributed by atoms with Crippen LogP contribution in [0.25, 0.3) is 0 Å². The normalized spacial score (nSPS) is 10.0. The molecule has 0 aliphatic carbocycles. The zero-order valence-corrected chi connectivity index (χ0v) is 12.3. The fourth-order valence-corrected chi connectivity index (χ4v) is 1.52. The average molecular weight is 292 g/mol. The summed E-state index contributed by atoms with van der Waals surface area (Å²) < 4.78 is 0. The molecule has 0 fully saturated rings. The van der Waals surface area contributed by atoms with E-state index in [2.05, 4.69) is 0 Å². The van der Waals surface area contributed by atoms with E-state index in [4.69, 9.17) is 20.4 Å². The van der Waals surface area contributed by atoms with Crippen LogP contribution in [-0.2, 0) is 9.59 Å². The maximum atomic E-state index is 10.1. The molecule has 0 aliphatic rings. The van der Waals surface area contributed by atoms with Crippen molar-refractivity contribution in [2.24, 2.45) is 0 Å². The quantitative estimate of drug-likeness (QED) is 0.343. The minimum atomic E-state index is -1.10. The molecule has 4 N–H and O–H groups in total. The second kappa shape index (κ2) is 15.9. The Balaban J connectivity index is 0. The van der Waals surface area contributed by atoms with Gasteiger partial charge in [-0.25, -0.2) is 0 Å². The molecule has 0 saturated carbocycles. The first-order valence-electron chi connectivity index (χ1n) is 7.19. The highest BCUT2D eigenvalue weighted by Crippen LogP contribution is 2.08. The molecule has 0 unspecified atom stereocenters. The molecular weight excluding hydrogens is 264 g/mol. The molecule has 0 aliphatic heterocycles. The van der Waals surface area contributed by atoms with E-state index in [0.717, 1.165) is 44.9 Å². The summed E-state index contributed by atoms with van der Waals surface area (Å²) in [6.07, 6.45) is 6.04. The second-order valence-electron chi connectivity index (χ2n) is 4.68. The van der Waals surface area contributed by atoms with E-state index in [9.17, 15) is 9.59 Å². The summed E-state index contributed by atoms with van der Waals surface area (Å²) in [6, 6.07) is 0. The maximum Gasteiger partial charge on any atom is 0.303 e. The van der Waals surface area contributed by atoms with Crippen LogP contribution in [-0.4, -0.2) is 38.7 Å². The van der Waals surface area contributed by atoms with Crippen LogP contribution in [0.4, 0.5) is 0 Å². The van der Waals surface area contributed by atoms with Crippen LogP contribution in [0.2, 0.25) is 0 Å². The molecule has 0 spiro atoms. The molecule has 0 atom stereocenters. The molecule has 0 amide bonds. The van der Waals surface area contributed by atoms with E-state index in [-0.39, 0.29) is 12.8 Å². The zero-order valence-electron chi connectivity index (χ0n) is 12.3. The Hall–Kier alpha value is -1.14. The van der Waals surface area contributed by atoms with Gasteiger partial charge in [0, 0.05) is 12.8 Å². The number of carboxylic acid groups (broad SMARTS) is 2. The van der Waals surface area contributed by atoms with Crippen molar-refractivity contribution in [1.29, 1.82) is 0 Å². The molecule has 0 aromatic heterocycles. The third kappa shape index (κ3) is 25.6. The van der Waals surface area contributed by atoms with Gasteiger partial charge in [-0.05, 0) is 19.3 Å². The van der Waals surface area contributed by atoms with E-state index < -0.39 is 18.2 Å². The summed E-state index contributed by atoms with van der Waals surface area (Å²) in [6.45, 7) is 1.90. The van der Waals surface area contributed by atoms with E-state index in [0.29, 0.717) is 6.42 Å². The smallest absolute Gasteiger partial charge is 0.303 e. The van der Waals surface area contributed by atoms with Gasteiger partial charge in [-0.1, -0.05) is 39.0 Å². The topological polar surface area (TPSA) is 115 Å². The molecule has 0 rings (SSSR count). The highest BCUT2D eigenvalue weighted by molar-refractivity contribution is 5.66. The number of unbranched alkanes of at least 4 members (excludes halogenated alkanes) is 5. The monoisotopic (exact) mass is 292 g/mol. The number of carbonyl (C=O) groups is 2. The van der Waals surface area contributed by atoms with Crippen LogP contribution >= 0.6 is 0 Å². The number of carboxylic acids is 2. The van der Waals surface area contributed by atoms with Gasteiger partial charge in [0.25, 0.3) is 0 Å². The van der Waals surface area contributed by atoms with Crippen molar-refractivity contribution < 1.29 is 30.0 Å². The van der Waals surface area contributed by atoms with Crippen LogP contribution in [0.1, 0.15) is 71.1 Å². The Morgan fingerprint density at radius 2 is 1.15 bits per heavy atom. The highest BCUT2D eigenvalue weighted by Gasteiger charge is 1.98. The fraction of sp³-hybridized carbons (Fsp3) is 0.857. The van der Waals surface area contributed by atoms with Crippen LogP contribution in [0, 0.1) is 0 Å². The molecule has 6 heteroatoms. The molecule has 0 radical (unpaired) electrons. The molecule has 120 valence electrons. The minimum Gasteiger partial charge on any atom is -0.481 e. The first kappa shape index (κ1) is 21.2. The number of aliphatic hydroxyl groups is 2. The molecule has 0 saturated heterocycles. The molecule has 6 nitrogen and oxygen atoms in total. The van der Waals surface area contributed by atoms with Crippen LogP contribution in [0.15, 0.2) is 0 Å². The predicted molar refractivity (Wildman–Crippen MR) is 75.3 cm³/mol. The van der Waals surface area contributed by atoms with Gasteiger partial charge in [0.1, 0.15) is 0 Å². The Kier molecular flexibility index (Phi) is 16.8. The van der Waals surface area contributed by atoms with Crippen molar-refractivity contribution >= 4 is 11.9 Å². The first-order valence-corrected chi connectivity index (χ1v) is 7.19. The first-order chi connectivity index (χ1) is 9.40. The van der Waals surface area contributed by atoms with Crippen molar-refractivity contribution in [3.05, 3.63) is 0 Å². The highest BCUT2D eigenvalue weighted by atomic mass is 16.5. The second-order valence-corrected chi connectivity index (χ2v) is 4.68. The van der Waals surface area contributed by atoms with Crippen molar-refractivity contribution in [1.82, 2.24) is 0 Å². The lowest BCUT2D eigenvalue weighted by molar-refractivity contribution is -0.138.